The summed E-state index contributed by atoms with van der Waals surface area (Å²) in [5.74, 6) is -0.155. The molecular formula is C20H22N4O. The fourth-order valence-corrected chi connectivity index (χ4v) is 3.06. The molecule has 1 heterocycles. The molecule has 128 valence electrons. The minimum Gasteiger partial charge on any atom is -0.399 e. The first-order valence-electron chi connectivity index (χ1n) is 8.34. The number of aryl methyl sites for hydroxylation is 1. The summed E-state index contributed by atoms with van der Waals surface area (Å²) in [5.41, 5.74) is 13.2. The van der Waals surface area contributed by atoms with Gasteiger partial charge in [-0.3, -0.25) is 4.79 Å². The third-order valence-electron chi connectivity index (χ3n) is 4.32. The van der Waals surface area contributed by atoms with Crippen LogP contribution in [-0.2, 0) is 17.8 Å². The van der Waals surface area contributed by atoms with E-state index in [9.17, 15) is 4.79 Å². The smallest absolute Gasteiger partial charge is 0.244 e. The summed E-state index contributed by atoms with van der Waals surface area (Å²) < 4.78 is 2.24. The maximum Gasteiger partial charge on any atom is 0.244 e. The molecule has 1 amide bonds. The van der Waals surface area contributed by atoms with Crippen LogP contribution >= 0.6 is 0 Å². The van der Waals surface area contributed by atoms with Crippen molar-refractivity contribution in [3.63, 3.8) is 0 Å². The van der Waals surface area contributed by atoms with Gasteiger partial charge in [0.25, 0.3) is 0 Å². The van der Waals surface area contributed by atoms with Crippen LogP contribution in [0.4, 0.5) is 5.69 Å². The molecule has 5 nitrogen and oxygen atoms in total. The van der Waals surface area contributed by atoms with Crippen LogP contribution in [0.25, 0.3) is 10.9 Å². The zero-order valence-electron chi connectivity index (χ0n) is 14.5. The SMILES string of the molecule is CCn1c(C)c(/C=N\NC(=O)Cc2ccc(N)cc2)c2ccccc21. The number of carbonyl (C=O) groups excluding carboxylic acids is 1. The zero-order chi connectivity index (χ0) is 17.8. The minimum absolute atomic E-state index is 0.155. The van der Waals surface area contributed by atoms with Gasteiger partial charge in [-0.1, -0.05) is 30.3 Å². The Morgan fingerprint density at radius 2 is 1.92 bits per heavy atom. The van der Waals surface area contributed by atoms with E-state index in [4.69, 9.17) is 5.73 Å². The maximum absolute atomic E-state index is 12.0. The van der Waals surface area contributed by atoms with Gasteiger partial charge in [-0.05, 0) is 37.6 Å². The standard InChI is InChI=1S/C20H22N4O/c1-3-24-14(2)18(17-6-4-5-7-19(17)24)13-22-23-20(25)12-15-8-10-16(21)11-9-15/h4-11,13H,3,12,21H2,1-2H3,(H,23,25)/b22-13-. The van der Waals surface area contributed by atoms with Gasteiger partial charge < -0.3 is 10.3 Å². The molecule has 0 saturated heterocycles. The molecule has 25 heavy (non-hydrogen) atoms. The van der Waals surface area contributed by atoms with Gasteiger partial charge in [-0.15, -0.1) is 0 Å². The number of benzene rings is 2. The van der Waals surface area contributed by atoms with E-state index in [2.05, 4.69) is 41.1 Å². The first-order chi connectivity index (χ1) is 12.1. The van der Waals surface area contributed by atoms with Gasteiger partial charge in [0.2, 0.25) is 5.91 Å². The van der Waals surface area contributed by atoms with Crippen LogP contribution < -0.4 is 11.2 Å². The molecule has 0 aliphatic rings. The van der Waals surface area contributed by atoms with Crippen molar-refractivity contribution in [3.8, 4) is 0 Å². The monoisotopic (exact) mass is 334 g/mol. The maximum atomic E-state index is 12.0. The number of fused-ring (bicyclic) bond motifs is 1. The van der Waals surface area contributed by atoms with Gasteiger partial charge in [-0.2, -0.15) is 5.10 Å². The highest BCUT2D eigenvalue weighted by atomic mass is 16.2. The van der Waals surface area contributed by atoms with Crippen molar-refractivity contribution in [2.24, 2.45) is 5.10 Å². The number of hydrazone groups is 1. The van der Waals surface area contributed by atoms with Crippen molar-refractivity contribution in [3.05, 3.63) is 65.4 Å². The number of carbonyl (C=O) groups is 1. The molecule has 0 saturated carbocycles. The van der Waals surface area contributed by atoms with Crippen LogP contribution in [-0.4, -0.2) is 16.7 Å². The molecule has 1 aromatic heterocycles. The number of nitrogens with two attached hydrogens (primary N) is 1. The Hall–Kier alpha value is -3.08. The molecule has 0 bridgehead atoms. The number of aromatic nitrogens is 1. The van der Waals surface area contributed by atoms with Gasteiger partial charge in [0.1, 0.15) is 0 Å². The first-order valence-corrected chi connectivity index (χ1v) is 8.34. The number of para-hydroxylation sites is 1. The first kappa shape index (κ1) is 16.8. The average Bonchev–Trinajstić information content (AvgIpc) is 2.88. The Morgan fingerprint density at radius 3 is 2.64 bits per heavy atom. The predicted molar refractivity (Wildman–Crippen MR) is 103 cm³/mol. The molecule has 0 unspecified atom stereocenters. The summed E-state index contributed by atoms with van der Waals surface area (Å²) in [5, 5.41) is 5.29. The van der Waals surface area contributed by atoms with E-state index >= 15 is 0 Å². The molecule has 0 fully saturated rings. The van der Waals surface area contributed by atoms with Crippen molar-refractivity contribution in [2.75, 3.05) is 5.73 Å². The second-order valence-electron chi connectivity index (χ2n) is 5.97. The predicted octanol–water partition coefficient (Wildman–Crippen LogP) is 3.24. The lowest BCUT2D eigenvalue weighted by atomic mass is 10.1. The normalized spacial score (nSPS) is 11.3. The van der Waals surface area contributed by atoms with Gasteiger partial charge >= 0.3 is 0 Å². The number of hydrogen-bond donors (Lipinski definition) is 2. The van der Waals surface area contributed by atoms with E-state index < -0.39 is 0 Å². The second kappa shape index (κ2) is 7.21. The number of hydrogen-bond acceptors (Lipinski definition) is 3. The van der Waals surface area contributed by atoms with E-state index in [0.717, 1.165) is 28.8 Å². The second-order valence-corrected chi connectivity index (χ2v) is 5.97. The molecule has 3 aromatic rings. The van der Waals surface area contributed by atoms with Crippen molar-refractivity contribution in [1.82, 2.24) is 9.99 Å². The number of amides is 1. The van der Waals surface area contributed by atoms with Crippen molar-refractivity contribution in [1.29, 1.82) is 0 Å². The molecule has 0 aliphatic carbocycles. The molecule has 0 radical (unpaired) electrons. The van der Waals surface area contributed by atoms with E-state index in [1.54, 1.807) is 18.3 Å². The van der Waals surface area contributed by atoms with Crippen LogP contribution in [0.5, 0.6) is 0 Å². The third kappa shape index (κ3) is 3.55. The number of anilines is 1. The van der Waals surface area contributed by atoms with Crippen molar-refractivity contribution >= 4 is 28.7 Å². The Morgan fingerprint density at radius 1 is 1.20 bits per heavy atom. The van der Waals surface area contributed by atoms with Gasteiger partial charge in [0.15, 0.2) is 0 Å². The van der Waals surface area contributed by atoms with Crippen LogP contribution in [0.2, 0.25) is 0 Å². The molecule has 2 aromatic carbocycles. The molecule has 5 heteroatoms. The lowest BCUT2D eigenvalue weighted by Gasteiger charge is -2.03. The quantitative estimate of drug-likeness (QED) is 0.427. The minimum atomic E-state index is -0.155. The fourth-order valence-electron chi connectivity index (χ4n) is 3.06. The summed E-state index contributed by atoms with van der Waals surface area (Å²) in [7, 11) is 0. The van der Waals surface area contributed by atoms with Crippen molar-refractivity contribution < 1.29 is 4.79 Å². The van der Waals surface area contributed by atoms with Gasteiger partial charge in [0, 0.05) is 34.4 Å². The molecule has 3 N–H and O–H groups in total. The van der Waals surface area contributed by atoms with Crippen LogP contribution in [0.15, 0.2) is 53.6 Å². The summed E-state index contributed by atoms with van der Waals surface area (Å²) in [6.07, 6.45) is 2.00. The topological polar surface area (TPSA) is 72.4 Å². The van der Waals surface area contributed by atoms with Gasteiger partial charge in [0.05, 0.1) is 12.6 Å². The fraction of sp³-hybridized carbons (Fsp3) is 0.200. The summed E-state index contributed by atoms with van der Waals surface area (Å²) >= 11 is 0. The summed E-state index contributed by atoms with van der Waals surface area (Å²) in [6, 6.07) is 15.5. The Balaban J connectivity index is 1.74. The van der Waals surface area contributed by atoms with Crippen molar-refractivity contribution in [2.45, 2.75) is 26.8 Å². The van der Waals surface area contributed by atoms with E-state index in [0.29, 0.717) is 5.69 Å². The zero-order valence-corrected chi connectivity index (χ0v) is 14.5. The van der Waals surface area contributed by atoms with Crippen LogP contribution in [0, 0.1) is 6.92 Å². The molecule has 3 rings (SSSR count). The number of nitrogen functional groups attached to an aromatic ring is 1. The van der Waals surface area contributed by atoms with E-state index in [1.807, 2.05) is 24.3 Å². The third-order valence-corrected chi connectivity index (χ3v) is 4.32. The average molecular weight is 334 g/mol. The molecule has 0 aliphatic heterocycles. The lowest BCUT2D eigenvalue weighted by molar-refractivity contribution is -0.120. The van der Waals surface area contributed by atoms with Gasteiger partial charge in [-0.25, -0.2) is 5.43 Å². The number of rotatable bonds is 5. The van der Waals surface area contributed by atoms with Crippen LogP contribution in [0.3, 0.4) is 0 Å². The number of nitrogens with one attached hydrogen (secondary N) is 1. The Labute approximate surface area is 147 Å². The Kier molecular flexibility index (Phi) is 4.84. The largest absolute Gasteiger partial charge is 0.399 e. The Bertz CT molecular complexity index is 923. The highest BCUT2D eigenvalue weighted by Gasteiger charge is 2.11. The number of nitrogens with zero attached hydrogens (tertiary/aromatic N) is 2. The van der Waals surface area contributed by atoms with Crippen LogP contribution in [0.1, 0.15) is 23.7 Å². The highest BCUT2D eigenvalue weighted by molar-refractivity contribution is 6.01. The summed E-state index contributed by atoms with van der Waals surface area (Å²) in [4.78, 5) is 12.0. The van der Waals surface area contributed by atoms with E-state index in [-0.39, 0.29) is 12.3 Å². The van der Waals surface area contributed by atoms with E-state index in [1.165, 1.54) is 5.52 Å². The molecule has 0 spiro atoms. The summed E-state index contributed by atoms with van der Waals surface area (Å²) in [6.45, 7) is 5.08. The lowest BCUT2D eigenvalue weighted by Crippen LogP contribution is -2.19. The molecular weight excluding hydrogens is 312 g/mol. The highest BCUT2D eigenvalue weighted by Crippen LogP contribution is 2.24. The molecule has 0 atom stereocenters.